The molecule has 0 amide bonds. The van der Waals surface area contributed by atoms with Crippen molar-refractivity contribution < 1.29 is 67.7 Å². The van der Waals surface area contributed by atoms with Crippen LogP contribution in [0.25, 0.3) is 0 Å². The fraction of sp³-hybridized carbons (Fsp3) is 0.839. The second-order valence-corrected chi connectivity index (χ2v) is 7.05. The number of rotatable bonds is 10. The van der Waals surface area contributed by atoms with Crippen LogP contribution in [0, 0.1) is 0 Å². The Morgan fingerprint density at radius 3 is 1.41 bits per heavy atom. The van der Waals surface area contributed by atoms with Crippen molar-refractivity contribution in [2.24, 2.45) is 0 Å². The number of esters is 5. The van der Waals surface area contributed by atoms with Crippen LogP contribution in [0.5, 0.6) is 0 Å². The summed E-state index contributed by atoms with van der Waals surface area (Å²) < 4.78 is 27.7. The van der Waals surface area contributed by atoms with Gasteiger partial charge in [0.1, 0.15) is 6.61 Å². The molecule has 46 heavy (non-hydrogen) atoms. The molecule has 2 saturated heterocycles. The van der Waals surface area contributed by atoms with Crippen molar-refractivity contribution in [3.8, 4) is 0 Å². The van der Waals surface area contributed by atoms with Gasteiger partial charge in [0.2, 0.25) is 0 Å². The monoisotopic (exact) mass is 790 g/mol. The SMILES string of the molecule is C.C.C.C.C.C.C.C.C.CC1OC(=O)C(C)OC1=O.COCCC(=O)OC(C)C(=O)OCCCO.O=C1CCO1.OCCCO.[Sn+2]. The summed E-state index contributed by atoms with van der Waals surface area (Å²) in [6.45, 7) is 5.55. The second kappa shape index (κ2) is 52.5. The van der Waals surface area contributed by atoms with Crippen LogP contribution >= 0.6 is 0 Å². The summed E-state index contributed by atoms with van der Waals surface area (Å²) in [6, 6.07) is 0. The first kappa shape index (κ1) is 79.4. The summed E-state index contributed by atoms with van der Waals surface area (Å²) in [5.41, 5.74) is 0. The predicted molar refractivity (Wildman–Crippen MR) is 187 cm³/mol. The number of ether oxygens (including phenoxy) is 6. The van der Waals surface area contributed by atoms with E-state index in [2.05, 4.69) is 18.9 Å². The maximum atomic E-state index is 11.2. The third-order valence-corrected chi connectivity index (χ3v) is 3.83. The van der Waals surface area contributed by atoms with Gasteiger partial charge in [-0.1, -0.05) is 66.8 Å². The van der Waals surface area contributed by atoms with E-state index >= 15 is 0 Å². The van der Waals surface area contributed by atoms with E-state index in [0.717, 1.165) is 0 Å². The fourth-order valence-electron chi connectivity index (χ4n) is 1.74. The van der Waals surface area contributed by atoms with Crippen molar-refractivity contribution in [2.45, 2.75) is 132 Å². The van der Waals surface area contributed by atoms with Crippen molar-refractivity contribution in [3.05, 3.63) is 0 Å². The van der Waals surface area contributed by atoms with Gasteiger partial charge in [-0.15, -0.1) is 0 Å². The minimum atomic E-state index is -0.928. The number of hydrogen-bond donors (Lipinski definition) is 3. The Labute approximate surface area is 299 Å². The number of aliphatic hydroxyl groups is 3. The third kappa shape index (κ3) is 46.4. The molecule has 0 saturated carbocycles. The van der Waals surface area contributed by atoms with Crippen LogP contribution in [0.1, 0.15) is 113 Å². The maximum absolute atomic E-state index is 11.2. The summed E-state index contributed by atoms with van der Waals surface area (Å²) in [7, 11) is 1.47. The summed E-state index contributed by atoms with van der Waals surface area (Å²) in [6.07, 6.45) is -0.823. The molecule has 2 aliphatic heterocycles. The van der Waals surface area contributed by atoms with Crippen LogP contribution in [0.4, 0.5) is 0 Å². The first-order valence-electron chi connectivity index (χ1n) is 11.3. The summed E-state index contributed by atoms with van der Waals surface area (Å²) in [4.78, 5) is 53.3. The van der Waals surface area contributed by atoms with Gasteiger partial charge >= 0.3 is 53.8 Å². The van der Waals surface area contributed by atoms with Gasteiger partial charge in [0.15, 0.2) is 18.3 Å². The van der Waals surface area contributed by atoms with Gasteiger partial charge in [-0.2, -0.15) is 0 Å². The molecule has 0 bridgehead atoms. The zero-order chi connectivity index (χ0) is 27.9. The Balaban J connectivity index is -0.0000000339. The number of methoxy groups -OCH3 is 1. The van der Waals surface area contributed by atoms with Gasteiger partial charge in [0.25, 0.3) is 0 Å². The molecule has 0 spiro atoms. The van der Waals surface area contributed by atoms with Crippen molar-refractivity contribution >= 4 is 53.8 Å². The zero-order valence-electron chi connectivity index (χ0n) is 21.6. The maximum Gasteiger partial charge on any atom is 2.00 e. The van der Waals surface area contributed by atoms with Crippen molar-refractivity contribution in [1.82, 2.24) is 0 Å². The van der Waals surface area contributed by atoms with Gasteiger partial charge in [-0.05, 0) is 27.2 Å². The van der Waals surface area contributed by atoms with Gasteiger partial charge in [0.05, 0.1) is 26.1 Å². The van der Waals surface area contributed by atoms with Gasteiger partial charge < -0.3 is 43.7 Å². The Hall–Kier alpha value is -2.01. The van der Waals surface area contributed by atoms with Crippen molar-refractivity contribution in [3.63, 3.8) is 0 Å². The first-order chi connectivity index (χ1) is 17.0. The Morgan fingerprint density at radius 2 is 1.15 bits per heavy atom. The number of aliphatic hydroxyl groups excluding tert-OH is 3. The van der Waals surface area contributed by atoms with Crippen LogP contribution < -0.4 is 0 Å². The topological polar surface area (TPSA) is 201 Å². The van der Waals surface area contributed by atoms with E-state index < -0.39 is 42.2 Å². The Kier molecular flexibility index (Phi) is 90.7. The van der Waals surface area contributed by atoms with Gasteiger partial charge in [0, 0.05) is 33.4 Å². The molecule has 2 heterocycles. The Bertz CT molecular complexity index is 635. The average Bonchev–Trinajstić information content (AvgIpc) is 2.82. The predicted octanol–water partition coefficient (Wildman–Crippen LogP) is 4.38. The van der Waals surface area contributed by atoms with E-state index in [1.165, 1.54) is 27.9 Å². The summed E-state index contributed by atoms with van der Waals surface area (Å²) >= 11 is 0. The fourth-order valence-corrected chi connectivity index (χ4v) is 1.74. The molecular weight excluding hydrogens is 715 g/mol. The molecule has 0 aliphatic carbocycles. The molecule has 2 fully saturated rings. The minimum absolute atomic E-state index is 0. The molecule has 2 aliphatic rings. The van der Waals surface area contributed by atoms with E-state index in [1.807, 2.05) is 0 Å². The van der Waals surface area contributed by atoms with Crippen molar-refractivity contribution in [1.29, 1.82) is 0 Å². The summed E-state index contributed by atoms with van der Waals surface area (Å²) in [5, 5.41) is 24.3. The molecule has 15 heteroatoms. The van der Waals surface area contributed by atoms with Crippen LogP contribution in [0.3, 0.4) is 0 Å². The molecular formula is C31H74O14Sn+2. The van der Waals surface area contributed by atoms with E-state index in [1.54, 1.807) is 0 Å². The standard InChI is InChI=1S/C10H18O6.C6H8O4.C3H4O2.C3H8O2.9CH4.Sn/c1-8(10(13)15-6-3-5-11)16-9(12)4-7-14-2;1-3-5(7)10-4(2)6(8)9-3;4-3-1-2-5-3;4-2-1-3-5;;;;;;;;;;/h8,11H,3-7H2,1-2H3;3-4H,1-2H3;1-2H2;4-5H,1-3H2;9*1H4;/q;;;;;;;;;;;;;+2. The number of carbonyl (C=O) groups excluding carboxylic acids is 5. The largest absolute Gasteiger partial charge is 2.00 e. The Morgan fingerprint density at radius 1 is 0.783 bits per heavy atom. The molecule has 2 rings (SSSR count). The van der Waals surface area contributed by atoms with E-state index in [0.29, 0.717) is 25.9 Å². The molecule has 14 nitrogen and oxygen atoms in total. The van der Waals surface area contributed by atoms with Gasteiger partial charge in [-0.25, -0.2) is 14.4 Å². The molecule has 0 aromatic heterocycles. The average molecular weight is 790 g/mol. The minimum Gasteiger partial charge on any atom is -0.465 e. The smallest absolute Gasteiger partial charge is 0.465 e. The third-order valence-electron chi connectivity index (χ3n) is 3.83. The quantitative estimate of drug-likeness (QED) is 0.122. The molecule has 3 N–H and O–H groups in total. The normalized spacial score (nSPS) is 14.5. The molecule has 2 radical (unpaired) electrons. The van der Waals surface area contributed by atoms with E-state index in [-0.39, 0.29) is 136 Å². The molecule has 0 aromatic rings. The molecule has 284 valence electrons. The number of carbonyl (C=O) groups is 5. The van der Waals surface area contributed by atoms with E-state index in [9.17, 15) is 24.0 Å². The van der Waals surface area contributed by atoms with Crippen LogP contribution in [0.15, 0.2) is 0 Å². The van der Waals surface area contributed by atoms with Crippen molar-refractivity contribution in [2.75, 3.05) is 46.8 Å². The first-order valence-corrected chi connectivity index (χ1v) is 11.3. The van der Waals surface area contributed by atoms with E-state index in [4.69, 9.17) is 24.8 Å². The van der Waals surface area contributed by atoms with Crippen LogP contribution in [-0.2, 0) is 52.4 Å². The number of hydrogen-bond acceptors (Lipinski definition) is 14. The number of cyclic esters (lactones) is 3. The van der Waals surface area contributed by atoms with Crippen LogP contribution in [-0.4, -0.2) is 134 Å². The zero-order valence-corrected chi connectivity index (χ0v) is 24.5. The van der Waals surface area contributed by atoms with Crippen LogP contribution in [0.2, 0.25) is 0 Å². The second-order valence-electron chi connectivity index (χ2n) is 7.05. The molecule has 3 unspecified atom stereocenters. The molecule has 3 atom stereocenters. The summed E-state index contributed by atoms with van der Waals surface area (Å²) in [5.74, 6) is -2.14. The van der Waals surface area contributed by atoms with Gasteiger partial charge in [-0.3, -0.25) is 9.59 Å². The molecule has 0 aromatic carbocycles.